The number of halogens is 5. The summed E-state index contributed by atoms with van der Waals surface area (Å²) in [7, 11) is 1.22. The van der Waals surface area contributed by atoms with Crippen molar-refractivity contribution >= 4 is 11.6 Å². The third-order valence-corrected chi connectivity index (χ3v) is 2.14. The standard InChI is InChI=1S/C9H11F5N4/c1-18(3-2-9(12,13)14)8-6(11)4-5(10)7(16-8)17-15/h4H,2-3,15H2,1H3,(H,16,17). The van der Waals surface area contributed by atoms with Gasteiger partial charge >= 0.3 is 6.18 Å². The van der Waals surface area contributed by atoms with Gasteiger partial charge in [0, 0.05) is 19.7 Å². The lowest BCUT2D eigenvalue weighted by molar-refractivity contribution is -0.132. The van der Waals surface area contributed by atoms with E-state index >= 15 is 0 Å². The van der Waals surface area contributed by atoms with Crippen LogP contribution in [0.1, 0.15) is 6.42 Å². The average Bonchev–Trinajstić information content (AvgIpc) is 2.25. The van der Waals surface area contributed by atoms with Gasteiger partial charge in [-0.2, -0.15) is 13.2 Å². The zero-order valence-corrected chi connectivity index (χ0v) is 9.35. The van der Waals surface area contributed by atoms with E-state index in [0.29, 0.717) is 6.07 Å². The van der Waals surface area contributed by atoms with Crippen molar-refractivity contribution < 1.29 is 22.0 Å². The monoisotopic (exact) mass is 270 g/mol. The van der Waals surface area contributed by atoms with Crippen molar-refractivity contribution in [2.45, 2.75) is 12.6 Å². The molecular weight excluding hydrogens is 259 g/mol. The first-order chi connectivity index (χ1) is 8.24. The van der Waals surface area contributed by atoms with Gasteiger partial charge in [0.2, 0.25) is 0 Å². The van der Waals surface area contributed by atoms with Gasteiger partial charge in [-0.25, -0.2) is 19.6 Å². The lowest BCUT2D eigenvalue weighted by Gasteiger charge is -2.20. The van der Waals surface area contributed by atoms with Gasteiger partial charge in [0.25, 0.3) is 0 Å². The molecule has 0 aliphatic heterocycles. The van der Waals surface area contributed by atoms with Crippen molar-refractivity contribution in [3.05, 3.63) is 17.7 Å². The highest BCUT2D eigenvalue weighted by atomic mass is 19.4. The first kappa shape index (κ1) is 14.4. The summed E-state index contributed by atoms with van der Waals surface area (Å²) >= 11 is 0. The van der Waals surface area contributed by atoms with E-state index < -0.39 is 42.4 Å². The fourth-order valence-electron chi connectivity index (χ4n) is 1.23. The van der Waals surface area contributed by atoms with Crippen LogP contribution in [0.2, 0.25) is 0 Å². The summed E-state index contributed by atoms with van der Waals surface area (Å²) in [6.45, 7) is -0.497. The lowest BCUT2D eigenvalue weighted by atomic mass is 10.3. The summed E-state index contributed by atoms with van der Waals surface area (Å²) in [5, 5.41) is 0. The number of rotatable bonds is 4. The molecule has 1 heterocycles. The van der Waals surface area contributed by atoms with Crippen molar-refractivity contribution in [3.63, 3.8) is 0 Å². The van der Waals surface area contributed by atoms with E-state index in [4.69, 9.17) is 5.84 Å². The molecule has 1 rings (SSSR count). The van der Waals surface area contributed by atoms with Crippen LogP contribution in [0.25, 0.3) is 0 Å². The quantitative estimate of drug-likeness (QED) is 0.499. The van der Waals surface area contributed by atoms with Crippen molar-refractivity contribution in [1.82, 2.24) is 4.98 Å². The van der Waals surface area contributed by atoms with Crippen LogP contribution in [0.15, 0.2) is 6.07 Å². The number of aromatic nitrogens is 1. The van der Waals surface area contributed by atoms with E-state index in [9.17, 15) is 22.0 Å². The van der Waals surface area contributed by atoms with Crippen molar-refractivity contribution in [2.24, 2.45) is 5.84 Å². The first-order valence-electron chi connectivity index (χ1n) is 4.85. The van der Waals surface area contributed by atoms with Crippen LogP contribution >= 0.6 is 0 Å². The Bertz CT molecular complexity index is 420. The van der Waals surface area contributed by atoms with Crippen LogP contribution < -0.4 is 16.2 Å². The SMILES string of the molecule is CN(CCC(F)(F)F)c1nc(NN)c(F)cc1F. The topological polar surface area (TPSA) is 54.2 Å². The number of alkyl halides is 3. The zero-order valence-electron chi connectivity index (χ0n) is 9.35. The van der Waals surface area contributed by atoms with E-state index in [-0.39, 0.29) is 0 Å². The number of nitrogens with two attached hydrogens (primary N) is 1. The molecule has 3 N–H and O–H groups in total. The summed E-state index contributed by atoms with van der Waals surface area (Å²) in [5.74, 6) is 2.01. The molecule has 0 aliphatic carbocycles. The lowest BCUT2D eigenvalue weighted by Crippen LogP contribution is -2.26. The summed E-state index contributed by atoms with van der Waals surface area (Å²) in [6, 6.07) is 0.502. The molecule has 0 aliphatic rings. The number of nitrogens with zero attached hydrogens (tertiary/aromatic N) is 2. The maximum Gasteiger partial charge on any atom is 0.390 e. The summed E-state index contributed by atoms with van der Waals surface area (Å²) in [6.07, 6.45) is -5.49. The van der Waals surface area contributed by atoms with E-state index in [1.165, 1.54) is 7.05 Å². The number of hydrogen-bond donors (Lipinski definition) is 2. The molecule has 0 bridgehead atoms. The van der Waals surface area contributed by atoms with Crippen LogP contribution in [0.5, 0.6) is 0 Å². The van der Waals surface area contributed by atoms with Crippen LogP contribution in [-0.2, 0) is 0 Å². The number of nitrogens with one attached hydrogen (secondary N) is 1. The normalized spacial score (nSPS) is 11.5. The fraction of sp³-hybridized carbons (Fsp3) is 0.444. The molecular formula is C9H11F5N4. The molecule has 102 valence electrons. The smallest absolute Gasteiger partial charge is 0.357 e. The van der Waals surface area contributed by atoms with Gasteiger partial charge in [0.05, 0.1) is 6.42 Å². The molecule has 0 unspecified atom stereocenters. The number of pyridine rings is 1. The van der Waals surface area contributed by atoms with Gasteiger partial charge in [0.1, 0.15) is 0 Å². The Balaban J connectivity index is 2.88. The van der Waals surface area contributed by atoms with Gasteiger partial charge in [-0.1, -0.05) is 0 Å². The Labute approximate surface area is 99.6 Å². The van der Waals surface area contributed by atoms with Crippen LogP contribution in [-0.4, -0.2) is 24.8 Å². The highest BCUT2D eigenvalue weighted by Crippen LogP contribution is 2.24. The molecule has 0 aromatic carbocycles. The van der Waals surface area contributed by atoms with Crippen LogP contribution in [0.3, 0.4) is 0 Å². The number of hydrazine groups is 1. The molecule has 0 amide bonds. The van der Waals surface area contributed by atoms with E-state index in [1.807, 2.05) is 5.43 Å². The second-order valence-corrected chi connectivity index (χ2v) is 3.56. The molecule has 0 fully saturated rings. The van der Waals surface area contributed by atoms with Crippen LogP contribution in [0.4, 0.5) is 33.6 Å². The second-order valence-electron chi connectivity index (χ2n) is 3.56. The third kappa shape index (κ3) is 3.69. The summed E-state index contributed by atoms with van der Waals surface area (Å²) < 4.78 is 62.4. The minimum Gasteiger partial charge on any atom is -0.357 e. The highest BCUT2D eigenvalue weighted by Gasteiger charge is 2.28. The van der Waals surface area contributed by atoms with Gasteiger partial charge < -0.3 is 10.3 Å². The molecule has 1 aromatic rings. The highest BCUT2D eigenvalue weighted by molar-refractivity contribution is 5.48. The Hall–Kier alpha value is -1.64. The maximum atomic E-state index is 13.3. The van der Waals surface area contributed by atoms with Crippen LogP contribution in [0, 0.1) is 11.6 Å². The third-order valence-electron chi connectivity index (χ3n) is 2.14. The fourth-order valence-corrected chi connectivity index (χ4v) is 1.23. The zero-order chi connectivity index (χ0) is 13.9. The Morgan fingerprint density at radius 2 is 1.94 bits per heavy atom. The first-order valence-corrected chi connectivity index (χ1v) is 4.85. The summed E-state index contributed by atoms with van der Waals surface area (Å²) in [5.41, 5.74) is 1.89. The van der Waals surface area contributed by atoms with Crippen molar-refractivity contribution in [3.8, 4) is 0 Å². The van der Waals surface area contributed by atoms with Gasteiger partial charge in [-0.3, -0.25) is 0 Å². The molecule has 9 heteroatoms. The number of anilines is 2. The van der Waals surface area contributed by atoms with Crippen molar-refractivity contribution in [2.75, 3.05) is 23.9 Å². The predicted molar refractivity (Wildman–Crippen MR) is 55.9 cm³/mol. The Kier molecular flexibility index (Phi) is 4.28. The Morgan fingerprint density at radius 3 is 2.44 bits per heavy atom. The molecule has 0 saturated carbocycles. The Morgan fingerprint density at radius 1 is 1.33 bits per heavy atom. The van der Waals surface area contributed by atoms with Crippen molar-refractivity contribution in [1.29, 1.82) is 0 Å². The maximum absolute atomic E-state index is 13.3. The molecule has 0 atom stereocenters. The van der Waals surface area contributed by atoms with E-state index in [1.54, 1.807) is 0 Å². The van der Waals surface area contributed by atoms with Gasteiger partial charge in [-0.15, -0.1) is 0 Å². The van der Waals surface area contributed by atoms with Gasteiger partial charge in [0.15, 0.2) is 23.3 Å². The molecule has 4 nitrogen and oxygen atoms in total. The molecule has 1 aromatic heterocycles. The predicted octanol–water partition coefficient (Wildman–Crippen LogP) is 2.03. The summed E-state index contributed by atoms with van der Waals surface area (Å²) in [4.78, 5) is 4.40. The second kappa shape index (κ2) is 5.34. The minimum atomic E-state index is -4.36. The average molecular weight is 270 g/mol. The van der Waals surface area contributed by atoms with E-state index in [2.05, 4.69) is 4.98 Å². The number of hydrogen-bond acceptors (Lipinski definition) is 4. The minimum absolute atomic E-state index is 0.409. The largest absolute Gasteiger partial charge is 0.390 e. The molecule has 0 radical (unpaired) electrons. The number of nitrogen functional groups attached to an aromatic ring is 1. The molecule has 18 heavy (non-hydrogen) atoms. The van der Waals surface area contributed by atoms with E-state index in [0.717, 1.165) is 4.90 Å². The molecule has 0 saturated heterocycles. The van der Waals surface area contributed by atoms with Gasteiger partial charge in [-0.05, 0) is 0 Å². The molecule has 0 spiro atoms.